The van der Waals surface area contributed by atoms with Gasteiger partial charge in [-0.3, -0.25) is 9.69 Å². The van der Waals surface area contributed by atoms with Crippen LogP contribution in [0, 0.1) is 11.8 Å². The number of hydrogen-bond acceptors (Lipinski definition) is 3. The molecule has 26 heavy (non-hydrogen) atoms. The van der Waals surface area contributed by atoms with E-state index in [0.717, 1.165) is 38.4 Å². The lowest BCUT2D eigenvalue weighted by molar-refractivity contribution is -0.200. The van der Waals surface area contributed by atoms with E-state index in [1.54, 1.807) is 0 Å². The molecule has 2 aliphatic carbocycles. The Bertz CT molecular complexity index is 660. The Morgan fingerprint density at radius 1 is 1.08 bits per heavy atom. The van der Waals surface area contributed by atoms with Crippen molar-refractivity contribution in [2.24, 2.45) is 11.8 Å². The molecular weight excluding hydrogens is 324 g/mol. The second-order valence-corrected chi connectivity index (χ2v) is 9.01. The van der Waals surface area contributed by atoms with Crippen molar-refractivity contribution in [3.63, 3.8) is 0 Å². The van der Waals surface area contributed by atoms with Crippen molar-refractivity contribution in [2.45, 2.75) is 56.0 Å². The molecule has 140 valence electrons. The lowest BCUT2D eigenvalue weighted by Crippen LogP contribution is -2.85. The highest BCUT2D eigenvalue weighted by atomic mass is 16.3. The summed E-state index contributed by atoms with van der Waals surface area (Å²) in [5.74, 6) is 1.79. The van der Waals surface area contributed by atoms with Crippen LogP contribution in [-0.2, 0) is 4.79 Å². The number of aliphatic hydroxyl groups excluding tert-OH is 1. The van der Waals surface area contributed by atoms with E-state index in [1.165, 1.54) is 31.2 Å². The van der Waals surface area contributed by atoms with Gasteiger partial charge in [0, 0.05) is 37.5 Å². The molecule has 4 nitrogen and oxygen atoms in total. The molecule has 0 unspecified atom stereocenters. The second-order valence-electron chi connectivity index (χ2n) is 9.01. The smallest absolute Gasteiger partial charge is 0.225 e. The Kier molecular flexibility index (Phi) is 4.09. The first-order chi connectivity index (χ1) is 12.7. The molecule has 4 heteroatoms. The summed E-state index contributed by atoms with van der Waals surface area (Å²) < 4.78 is 0. The summed E-state index contributed by atoms with van der Waals surface area (Å²) in [5, 5.41) is 10.2. The topological polar surface area (TPSA) is 43.8 Å². The quantitative estimate of drug-likeness (QED) is 0.884. The van der Waals surface area contributed by atoms with Crippen LogP contribution in [-0.4, -0.2) is 58.6 Å². The molecule has 0 radical (unpaired) electrons. The molecule has 0 bridgehead atoms. The zero-order valence-electron chi connectivity index (χ0n) is 15.5. The van der Waals surface area contributed by atoms with Gasteiger partial charge in [-0.15, -0.1) is 0 Å². The first-order valence-corrected chi connectivity index (χ1v) is 10.4. The van der Waals surface area contributed by atoms with Crippen LogP contribution in [0.15, 0.2) is 30.3 Å². The summed E-state index contributed by atoms with van der Waals surface area (Å²) in [6.07, 6.45) is 7.51. The molecule has 2 saturated carbocycles. The Balaban J connectivity index is 1.39. The largest absolute Gasteiger partial charge is 0.395 e. The normalized spacial score (nSPS) is 31.0. The summed E-state index contributed by atoms with van der Waals surface area (Å²) in [5.41, 5.74) is 1.38. The minimum absolute atomic E-state index is 0.0574. The molecule has 2 saturated heterocycles. The monoisotopic (exact) mass is 354 g/mol. The average molecular weight is 354 g/mol. The van der Waals surface area contributed by atoms with Gasteiger partial charge in [0.2, 0.25) is 5.91 Å². The number of nitrogens with zero attached hydrogens (tertiary/aromatic N) is 2. The van der Waals surface area contributed by atoms with Gasteiger partial charge >= 0.3 is 0 Å². The van der Waals surface area contributed by atoms with Gasteiger partial charge in [-0.05, 0) is 37.2 Å². The lowest BCUT2D eigenvalue weighted by atomic mass is 9.60. The predicted octanol–water partition coefficient (Wildman–Crippen LogP) is 2.63. The van der Waals surface area contributed by atoms with E-state index in [-0.39, 0.29) is 18.2 Å². The van der Waals surface area contributed by atoms with Crippen molar-refractivity contribution in [1.29, 1.82) is 0 Å². The predicted molar refractivity (Wildman–Crippen MR) is 101 cm³/mol. The lowest BCUT2D eigenvalue weighted by Gasteiger charge is -2.71. The zero-order valence-corrected chi connectivity index (χ0v) is 15.5. The Morgan fingerprint density at radius 2 is 1.77 bits per heavy atom. The number of benzene rings is 1. The van der Waals surface area contributed by atoms with Gasteiger partial charge < -0.3 is 10.0 Å². The fourth-order valence-electron chi connectivity index (χ4n) is 5.89. The maximum absolute atomic E-state index is 12.5. The molecule has 2 atom stereocenters. The van der Waals surface area contributed by atoms with Crippen LogP contribution >= 0.6 is 0 Å². The third-order valence-electron chi connectivity index (χ3n) is 7.38. The van der Waals surface area contributed by atoms with E-state index in [1.807, 2.05) is 0 Å². The van der Waals surface area contributed by atoms with Gasteiger partial charge in [0.1, 0.15) is 0 Å². The summed E-state index contributed by atoms with van der Waals surface area (Å²) in [6.45, 7) is 3.01. The number of hydrogen-bond donors (Lipinski definition) is 1. The molecule has 1 amide bonds. The van der Waals surface area contributed by atoms with Gasteiger partial charge in [0.15, 0.2) is 0 Å². The first kappa shape index (κ1) is 16.8. The van der Waals surface area contributed by atoms with Crippen molar-refractivity contribution >= 4 is 5.91 Å². The SMILES string of the molecule is O=C(C1CC1)N1CC2(C1)[C@@H](c1ccccc1)[C@@H](CO)N2CC1CCCC1. The van der Waals surface area contributed by atoms with Gasteiger partial charge in [0.25, 0.3) is 0 Å². The molecule has 1 N–H and O–H groups in total. The molecular formula is C22H30N2O2. The van der Waals surface area contributed by atoms with Crippen LogP contribution in [0.2, 0.25) is 0 Å². The second kappa shape index (κ2) is 6.35. The fraction of sp³-hybridized carbons (Fsp3) is 0.682. The fourth-order valence-corrected chi connectivity index (χ4v) is 5.89. The van der Waals surface area contributed by atoms with E-state index in [2.05, 4.69) is 40.1 Å². The van der Waals surface area contributed by atoms with Crippen LogP contribution in [0.1, 0.15) is 50.0 Å². The molecule has 2 heterocycles. The van der Waals surface area contributed by atoms with E-state index in [9.17, 15) is 9.90 Å². The van der Waals surface area contributed by atoms with Crippen molar-refractivity contribution in [2.75, 3.05) is 26.2 Å². The molecule has 1 aromatic rings. The van der Waals surface area contributed by atoms with Gasteiger partial charge in [-0.25, -0.2) is 0 Å². The molecule has 4 aliphatic rings. The van der Waals surface area contributed by atoms with E-state index in [0.29, 0.717) is 17.7 Å². The first-order valence-electron chi connectivity index (χ1n) is 10.4. The highest BCUT2D eigenvalue weighted by molar-refractivity contribution is 5.82. The zero-order chi connectivity index (χ0) is 17.7. The Morgan fingerprint density at radius 3 is 2.38 bits per heavy atom. The maximum Gasteiger partial charge on any atom is 0.225 e. The average Bonchev–Trinajstić information content (AvgIpc) is 3.34. The van der Waals surface area contributed by atoms with E-state index >= 15 is 0 Å². The molecule has 4 fully saturated rings. The molecule has 2 aliphatic heterocycles. The number of carbonyl (C=O) groups excluding carboxylic acids is 1. The number of amides is 1. The molecule has 1 spiro atoms. The minimum Gasteiger partial charge on any atom is -0.395 e. The summed E-state index contributed by atoms with van der Waals surface area (Å²) >= 11 is 0. The molecule has 5 rings (SSSR count). The highest BCUT2D eigenvalue weighted by Gasteiger charge is 2.66. The summed E-state index contributed by atoms with van der Waals surface area (Å²) in [7, 11) is 0. The maximum atomic E-state index is 12.5. The van der Waals surface area contributed by atoms with Crippen LogP contribution in [0.25, 0.3) is 0 Å². The van der Waals surface area contributed by atoms with Crippen molar-refractivity contribution in [3.8, 4) is 0 Å². The number of carbonyl (C=O) groups is 1. The van der Waals surface area contributed by atoms with Crippen molar-refractivity contribution in [1.82, 2.24) is 9.80 Å². The van der Waals surface area contributed by atoms with Gasteiger partial charge in [0.05, 0.1) is 12.1 Å². The standard InChI is InChI=1S/C22H30N2O2/c25-13-19-20(17-8-2-1-3-9-17)22(24(19)12-16-6-4-5-7-16)14-23(15-22)21(26)18-10-11-18/h1-3,8-9,16,18-20,25H,4-7,10-15H2/t19-,20+/m1/s1. The summed E-state index contributed by atoms with van der Waals surface area (Å²) in [4.78, 5) is 17.2. The van der Waals surface area contributed by atoms with Crippen LogP contribution in [0.4, 0.5) is 0 Å². The number of rotatable bonds is 5. The van der Waals surface area contributed by atoms with Crippen LogP contribution < -0.4 is 0 Å². The minimum atomic E-state index is 0.0574. The Labute approximate surface area is 156 Å². The van der Waals surface area contributed by atoms with Crippen LogP contribution in [0.5, 0.6) is 0 Å². The van der Waals surface area contributed by atoms with E-state index < -0.39 is 0 Å². The molecule has 0 aromatic heterocycles. The number of likely N-dealkylation sites (tertiary alicyclic amines) is 2. The van der Waals surface area contributed by atoms with Crippen molar-refractivity contribution < 1.29 is 9.90 Å². The third-order valence-corrected chi connectivity index (χ3v) is 7.38. The molecule has 1 aromatic carbocycles. The summed E-state index contributed by atoms with van der Waals surface area (Å²) in [6, 6.07) is 10.9. The number of aliphatic hydroxyl groups is 1. The van der Waals surface area contributed by atoms with Crippen LogP contribution in [0.3, 0.4) is 0 Å². The van der Waals surface area contributed by atoms with Gasteiger partial charge in [-0.2, -0.15) is 0 Å². The van der Waals surface area contributed by atoms with E-state index in [4.69, 9.17) is 0 Å². The highest BCUT2D eigenvalue weighted by Crippen LogP contribution is 2.55. The Hall–Kier alpha value is -1.39. The third kappa shape index (κ3) is 2.53. The van der Waals surface area contributed by atoms with Gasteiger partial charge in [-0.1, -0.05) is 43.2 Å². The van der Waals surface area contributed by atoms with Crippen molar-refractivity contribution in [3.05, 3.63) is 35.9 Å².